The van der Waals surface area contributed by atoms with Gasteiger partial charge in [0.15, 0.2) is 12.0 Å². The predicted octanol–water partition coefficient (Wildman–Crippen LogP) is 2.27. The number of piperidine rings is 1. The number of benzene rings is 1. The van der Waals surface area contributed by atoms with Crippen molar-refractivity contribution >= 4 is 22.8 Å². The van der Waals surface area contributed by atoms with Gasteiger partial charge in [0.1, 0.15) is 11.6 Å². The van der Waals surface area contributed by atoms with Crippen LogP contribution in [0.2, 0.25) is 0 Å². The van der Waals surface area contributed by atoms with Crippen LogP contribution in [0.3, 0.4) is 0 Å². The van der Waals surface area contributed by atoms with Crippen LogP contribution < -0.4 is 4.90 Å². The highest BCUT2D eigenvalue weighted by molar-refractivity contribution is 5.89. The number of aliphatic carboxylic acids is 1. The van der Waals surface area contributed by atoms with Crippen molar-refractivity contribution in [3.05, 3.63) is 24.6 Å². The van der Waals surface area contributed by atoms with Gasteiger partial charge in [0.25, 0.3) is 0 Å². The molecule has 94 valence electrons. The van der Waals surface area contributed by atoms with Crippen LogP contribution in [-0.2, 0) is 4.79 Å². The van der Waals surface area contributed by atoms with Crippen LogP contribution in [0.1, 0.15) is 19.3 Å². The summed E-state index contributed by atoms with van der Waals surface area (Å²) < 4.78 is 5.38. The Bertz CT molecular complexity index is 578. The number of aromatic nitrogens is 1. The molecule has 5 nitrogen and oxygen atoms in total. The first-order valence-electron chi connectivity index (χ1n) is 6.09. The Hall–Kier alpha value is -2.04. The molecule has 0 amide bonds. The van der Waals surface area contributed by atoms with E-state index in [9.17, 15) is 9.90 Å². The Morgan fingerprint density at radius 2 is 2.33 bits per heavy atom. The number of para-hydroxylation sites is 1. The van der Waals surface area contributed by atoms with Crippen molar-refractivity contribution in [3.63, 3.8) is 0 Å². The third kappa shape index (κ3) is 1.72. The van der Waals surface area contributed by atoms with Crippen molar-refractivity contribution in [2.24, 2.45) is 0 Å². The third-order valence-corrected chi connectivity index (χ3v) is 3.43. The van der Waals surface area contributed by atoms with E-state index in [0.717, 1.165) is 30.6 Å². The molecular formula is C13H14N2O3. The van der Waals surface area contributed by atoms with Gasteiger partial charge in [-0.3, -0.25) is 0 Å². The van der Waals surface area contributed by atoms with Gasteiger partial charge in [-0.1, -0.05) is 6.07 Å². The van der Waals surface area contributed by atoms with Crippen molar-refractivity contribution in [1.82, 2.24) is 4.98 Å². The number of carboxylic acid groups (broad SMARTS) is 1. The van der Waals surface area contributed by atoms with E-state index in [0.29, 0.717) is 12.0 Å². The van der Waals surface area contributed by atoms with Crippen molar-refractivity contribution in [2.45, 2.75) is 25.3 Å². The van der Waals surface area contributed by atoms with E-state index in [1.165, 1.54) is 6.39 Å². The second-order valence-electron chi connectivity index (χ2n) is 4.52. The van der Waals surface area contributed by atoms with Gasteiger partial charge in [-0.25, -0.2) is 9.78 Å². The van der Waals surface area contributed by atoms with E-state index in [1.807, 2.05) is 23.1 Å². The Kier molecular flexibility index (Phi) is 2.66. The lowest BCUT2D eigenvalue weighted by atomic mass is 10.0. The fraction of sp³-hybridized carbons (Fsp3) is 0.385. The topological polar surface area (TPSA) is 66.6 Å². The number of carboxylic acids is 1. The average molecular weight is 246 g/mol. The summed E-state index contributed by atoms with van der Waals surface area (Å²) in [5.74, 6) is -0.772. The highest BCUT2D eigenvalue weighted by Gasteiger charge is 2.30. The van der Waals surface area contributed by atoms with Crippen molar-refractivity contribution in [1.29, 1.82) is 0 Å². The molecule has 5 heteroatoms. The lowest BCUT2D eigenvalue weighted by molar-refractivity contribution is -0.139. The third-order valence-electron chi connectivity index (χ3n) is 3.43. The summed E-state index contributed by atoms with van der Waals surface area (Å²) in [5.41, 5.74) is 2.27. The fourth-order valence-electron chi connectivity index (χ4n) is 2.57. The van der Waals surface area contributed by atoms with Crippen LogP contribution >= 0.6 is 0 Å². The molecule has 1 N–H and O–H groups in total. The van der Waals surface area contributed by atoms with E-state index >= 15 is 0 Å². The predicted molar refractivity (Wildman–Crippen MR) is 66.6 cm³/mol. The van der Waals surface area contributed by atoms with Gasteiger partial charge >= 0.3 is 5.97 Å². The summed E-state index contributed by atoms with van der Waals surface area (Å²) in [6.45, 7) is 0.747. The lowest BCUT2D eigenvalue weighted by Crippen LogP contribution is -2.44. The number of fused-ring (bicyclic) bond motifs is 1. The van der Waals surface area contributed by atoms with E-state index in [2.05, 4.69) is 4.98 Å². The van der Waals surface area contributed by atoms with Gasteiger partial charge in [-0.05, 0) is 31.4 Å². The van der Waals surface area contributed by atoms with Gasteiger partial charge in [0.2, 0.25) is 0 Å². The minimum absolute atomic E-state index is 0.463. The Labute approximate surface area is 104 Å². The Morgan fingerprint density at radius 1 is 1.44 bits per heavy atom. The largest absolute Gasteiger partial charge is 0.480 e. The van der Waals surface area contributed by atoms with Gasteiger partial charge < -0.3 is 14.4 Å². The summed E-state index contributed by atoms with van der Waals surface area (Å²) in [4.78, 5) is 17.3. The summed E-state index contributed by atoms with van der Waals surface area (Å²) >= 11 is 0. The van der Waals surface area contributed by atoms with Gasteiger partial charge in [-0.15, -0.1) is 0 Å². The van der Waals surface area contributed by atoms with Crippen LogP contribution in [0.5, 0.6) is 0 Å². The number of rotatable bonds is 2. The Morgan fingerprint density at radius 3 is 3.17 bits per heavy atom. The molecule has 0 radical (unpaired) electrons. The summed E-state index contributed by atoms with van der Waals surface area (Å²) in [6, 6.07) is 5.18. The van der Waals surface area contributed by atoms with Crippen LogP contribution in [0.15, 0.2) is 29.0 Å². The number of nitrogens with zero attached hydrogens (tertiary/aromatic N) is 2. The van der Waals surface area contributed by atoms with E-state index in [4.69, 9.17) is 4.42 Å². The van der Waals surface area contributed by atoms with Crippen molar-refractivity contribution in [3.8, 4) is 0 Å². The Balaban J connectivity index is 2.06. The molecule has 0 bridgehead atoms. The molecule has 18 heavy (non-hydrogen) atoms. The summed E-state index contributed by atoms with van der Waals surface area (Å²) in [5, 5.41) is 9.30. The monoisotopic (exact) mass is 246 g/mol. The highest BCUT2D eigenvalue weighted by Crippen LogP contribution is 2.31. The van der Waals surface area contributed by atoms with Gasteiger partial charge in [0.05, 0.1) is 5.69 Å². The second-order valence-corrected chi connectivity index (χ2v) is 4.52. The molecule has 1 aromatic carbocycles. The minimum atomic E-state index is -0.772. The molecule has 1 aliphatic heterocycles. The fourth-order valence-corrected chi connectivity index (χ4v) is 2.57. The van der Waals surface area contributed by atoms with Crippen molar-refractivity contribution in [2.75, 3.05) is 11.4 Å². The smallest absolute Gasteiger partial charge is 0.326 e. The quantitative estimate of drug-likeness (QED) is 0.880. The molecule has 1 unspecified atom stereocenters. The minimum Gasteiger partial charge on any atom is -0.480 e. The maximum absolute atomic E-state index is 11.3. The normalized spacial score (nSPS) is 20.2. The SMILES string of the molecule is O=C(O)C1CCCCN1c1cccc2ncoc12. The zero-order valence-corrected chi connectivity index (χ0v) is 9.87. The maximum atomic E-state index is 11.3. The highest BCUT2D eigenvalue weighted by atomic mass is 16.4. The van der Waals surface area contributed by atoms with E-state index < -0.39 is 12.0 Å². The number of carbonyl (C=O) groups is 1. The first kappa shape index (κ1) is 11.1. The average Bonchev–Trinajstić information content (AvgIpc) is 2.86. The number of anilines is 1. The number of oxazole rings is 1. The maximum Gasteiger partial charge on any atom is 0.326 e. The molecule has 1 saturated heterocycles. The van der Waals surface area contributed by atoms with Crippen molar-refractivity contribution < 1.29 is 14.3 Å². The van der Waals surface area contributed by atoms with Crippen LogP contribution in [0.25, 0.3) is 11.1 Å². The molecule has 2 aromatic rings. The zero-order chi connectivity index (χ0) is 12.5. The molecule has 1 aliphatic rings. The molecule has 3 rings (SSSR count). The molecular weight excluding hydrogens is 232 g/mol. The summed E-state index contributed by atoms with van der Waals surface area (Å²) in [6.07, 6.45) is 4.04. The first-order valence-corrected chi connectivity index (χ1v) is 6.09. The van der Waals surface area contributed by atoms with Crippen LogP contribution in [-0.4, -0.2) is 28.6 Å². The molecule has 0 aliphatic carbocycles. The standard InChI is InChI=1S/C13H14N2O3/c16-13(17)11-5-1-2-7-15(11)10-6-3-4-9-12(10)18-8-14-9/h3-4,6,8,11H,1-2,5,7H2,(H,16,17). The lowest BCUT2D eigenvalue weighted by Gasteiger charge is -2.34. The molecule has 1 atom stereocenters. The first-order chi connectivity index (χ1) is 8.77. The molecule has 2 heterocycles. The molecule has 0 spiro atoms. The van der Waals surface area contributed by atoms with Crippen LogP contribution in [0.4, 0.5) is 5.69 Å². The second kappa shape index (κ2) is 4.33. The number of hydrogen-bond acceptors (Lipinski definition) is 4. The molecule has 1 aromatic heterocycles. The number of hydrogen-bond donors (Lipinski definition) is 1. The van der Waals surface area contributed by atoms with Gasteiger partial charge in [-0.2, -0.15) is 0 Å². The molecule has 1 fully saturated rings. The van der Waals surface area contributed by atoms with Crippen LogP contribution in [0, 0.1) is 0 Å². The zero-order valence-electron chi connectivity index (χ0n) is 9.87. The van der Waals surface area contributed by atoms with E-state index in [1.54, 1.807) is 0 Å². The van der Waals surface area contributed by atoms with Gasteiger partial charge in [0, 0.05) is 6.54 Å². The molecule has 0 saturated carbocycles. The summed E-state index contributed by atoms with van der Waals surface area (Å²) in [7, 11) is 0. The van der Waals surface area contributed by atoms with E-state index in [-0.39, 0.29) is 0 Å².